The van der Waals surface area contributed by atoms with Gasteiger partial charge in [0.1, 0.15) is 11.4 Å². The van der Waals surface area contributed by atoms with Crippen LogP contribution in [0, 0.1) is 5.82 Å². The summed E-state index contributed by atoms with van der Waals surface area (Å²) < 4.78 is 45.4. The highest BCUT2D eigenvalue weighted by atomic mass is 32.2. The minimum atomic E-state index is -3.83. The fourth-order valence-corrected chi connectivity index (χ4v) is 3.34. The van der Waals surface area contributed by atoms with E-state index >= 15 is 0 Å². The van der Waals surface area contributed by atoms with Crippen molar-refractivity contribution >= 4 is 27.7 Å². The second-order valence-corrected chi connectivity index (χ2v) is 9.73. The summed E-state index contributed by atoms with van der Waals surface area (Å²) in [4.78, 5) is 25.8. The minimum Gasteiger partial charge on any atom is -0.444 e. The highest BCUT2D eigenvalue weighted by Gasteiger charge is 2.21. The maximum Gasteiger partial charge on any atom is 0.410 e. The van der Waals surface area contributed by atoms with Crippen LogP contribution < -0.4 is 10.0 Å². The third-order valence-corrected chi connectivity index (χ3v) is 5.48. The molecule has 0 unspecified atom stereocenters. The largest absolute Gasteiger partial charge is 0.444 e. The van der Waals surface area contributed by atoms with Gasteiger partial charge in [-0.3, -0.25) is 4.79 Å². The van der Waals surface area contributed by atoms with Crippen molar-refractivity contribution < 1.29 is 27.1 Å². The summed E-state index contributed by atoms with van der Waals surface area (Å²) in [7, 11) is -1.03. The molecular formula is C21H26FN3O5S. The molecule has 0 aliphatic rings. The van der Waals surface area contributed by atoms with E-state index in [0.717, 1.165) is 18.2 Å². The van der Waals surface area contributed by atoms with Crippen LogP contribution in [0.2, 0.25) is 0 Å². The molecule has 0 aromatic heterocycles. The predicted molar refractivity (Wildman–Crippen MR) is 115 cm³/mol. The minimum absolute atomic E-state index is 0.225. The van der Waals surface area contributed by atoms with Crippen molar-refractivity contribution in [2.24, 2.45) is 0 Å². The molecule has 10 heteroatoms. The molecule has 0 heterocycles. The van der Waals surface area contributed by atoms with Gasteiger partial charge in [-0.25, -0.2) is 22.3 Å². The Labute approximate surface area is 181 Å². The van der Waals surface area contributed by atoms with Gasteiger partial charge in [0.2, 0.25) is 10.0 Å². The van der Waals surface area contributed by atoms with Crippen molar-refractivity contribution in [3.8, 4) is 0 Å². The zero-order valence-electron chi connectivity index (χ0n) is 18.0. The first-order chi connectivity index (χ1) is 14.3. The molecule has 0 saturated carbocycles. The van der Waals surface area contributed by atoms with Crippen molar-refractivity contribution in [3.05, 3.63) is 59.4 Å². The van der Waals surface area contributed by atoms with Crippen molar-refractivity contribution in [3.63, 3.8) is 0 Å². The molecule has 8 nitrogen and oxygen atoms in total. The van der Waals surface area contributed by atoms with E-state index in [2.05, 4.69) is 10.0 Å². The van der Waals surface area contributed by atoms with Gasteiger partial charge >= 0.3 is 6.09 Å². The average molecular weight is 452 g/mol. The van der Waals surface area contributed by atoms with Gasteiger partial charge in [-0.2, -0.15) is 0 Å². The number of amides is 2. The lowest BCUT2D eigenvalue weighted by atomic mass is 10.1. The summed E-state index contributed by atoms with van der Waals surface area (Å²) in [5.74, 6) is -1.66. The molecule has 0 bridgehead atoms. The van der Waals surface area contributed by atoms with E-state index in [9.17, 15) is 22.4 Å². The number of ether oxygens (including phenoxy) is 1. The Morgan fingerprint density at radius 2 is 1.81 bits per heavy atom. The molecule has 0 spiro atoms. The topological polar surface area (TPSA) is 105 Å². The molecule has 2 N–H and O–H groups in total. The summed E-state index contributed by atoms with van der Waals surface area (Å²) >= 11 is 0. The highest BCUT2D eigenvalue weighted by molar-refractivity contribution is 7.89. The second-order valence-electron chi connectivity index (χ2n) is 7.84. The van der Waals surface area contributed by atoms with E-state index in [1.807, 2.05) is 0 Å². The van der Waals surface area contributed by atoms with Gasteiger partial charge in [0.05, 0.1) is 10.5 Å². The highest BCUT2D eigenvalue weighted by Crippen LogP contribution is 2.19. The van der Waals surface area contributed by atoms with E-state index in [0.29, 0.717) is 11.3 Å². The van der Waals surface area contributed by atoms with Crippen LogP contribution >= 0.6 is 0 Å². The molecule has 0 aliphatic heterocycles. The maximum atomic E-state index is 14.2. The molecule has 2 rings (SSSR count). The number of carbonyl (C=O) groups excluding carboxylic acids is 2. The fourth-order valence-electron chi connectivity index (χ4n) is 2.59. The van der Waals surface area contributed by atoms with E-state index in [1.165, 1.54) is 11.9 Å². The molecule has 0 atom stereocenters. The summed E-state index contributed by atoms with van der Waals surface area (Å²) in [6.45, 7) is 5.53. The van der Waals surface area contributed by atoms with Crippen LogP contribution in [0.25, 0.3) is 0 Å². The van der Waals surface area contributed by atoms with Gasteiger partial charge in [0.25, 0.3) is 5.91 Å². The maximum absolute atomic E-state index is 14.2. The first kappa shape index (κ1) is 24.3. The lowest BCUT2D eigenvalue weighted by Crippen LogP contribution is -2.33. The molecular weight excluding hydrogens is 425 g/mol. The number of hydrogen-bond acceptors (Lipinski definition) is 5. The average Bonchev–Trinajstić information content (AvgIpc) is 2.67. The van der Waals surface area contributed by atoms with Gasteiger partial charge in [-0.05, 0) is 63.7 Å². The number of sulfonamides is 1. The van der Waals surface area contributed by atoms with Crippen LogP contribution in [-0.2, 0) is 21.3 Å². The van der Waals surface area contributed by atoms with E-state index in [-0.39, 0.29) is 11.4 Å². The van der Waals surface area contributed by atoms with Crippen LogP contribution in [0.1, 0.15) is 36.7 Å². The number of nitrogens with one attached hydrogen (secondary N) is 2. The number of anilines is 1. The Hall–Kier alpha value is -2.98. The second kappa shape index (κ2) is 9.44. The standard InChI is InChI=1S/C21H26FN3O5S/c1-21(2,3)30-20(27)25(5)13-14-7-6-8-15(11-14)24-19(26)17-12-16(9-10-18(17)22)31(28,29)23-4/h6-12,23H,13H2,1-5H3,(H,24,26). The lowest BCUT2D eigenvalue weighted by Gasteiger charge is -2.24. The molecule has 2 amide bonds. The third-order valence-electron chi connectivity index (χ3n) is 4.07. The normalized spacial score (nSPS) is 11.7. The zero-order valence-corrected chi connectivity index (χ0v) is 18.8. The smallest absolute Gasteiger partial charge is 0.410 e. The fraction of sp³-hybridized carbons (Fsp3) is 0.333. The molecule has 0 saturated heterocycles. The summed E-state index contributed by atoms with van der Waals surface area (Å²) in [6.07, 6.45) is -0.494. The van der Waals surface area contributed by atoms with E-state index < -0.39 is 39.0 Å². The first-order valence-electron chi connectivity index (χ1n) is 9.40. The van der Waals surface area contributed by atoms with Crippen molar-refractivity contribution in [1.29, 1.82) is 0 Å². The van der Waals surface area contributed by atoms with Gasteiger partial charge < -0.3 is 15.0 Å². The van der Waals surface area contributed by atoms with Crippen LogP contribution in [0.15, 0.2) is 47.4 Å². The summed E-state index contributed by atoms with van der Waals surface area (Å²) in [5, 5.41) is 2.55. The van der Waals surface area contributed by atoms with E-state index in [1.54, 1.807) is 52.1 Å². The summed E-state index contributed by atoms with van der Waals surface area (Å²) in [5.41, 5.74) is 0.0349. The lowest BCUT2D eigenvalue weighted by molar-refractivity contribution is 0.0285. The molecule has 31 heavy (non-hydrogen) atoms. The SMILES string of the molecule is CNS(=O)(=O)c1ccc(F)c(C(=O)Nc2cccc(CN(C)C(=O)OC(C)(C)C)c2)c1. The monoisotopic (exact) mass is 451 g/mol. The number of rotatable bonds is 6. The number of benzene rings is 2. The first-order valence-corrected chi connectivity index (χ1v) is 10.9. The molecule has 0 aliphatic carbocycles. The van der Waals surface area contributed by atoms with Gasteiger partial charge in [0, 0.05) is 19.3 Å². The van der Waals surface area contributed by atoms with Gasteiger partial charge in [0.15, 0.2) is 0 Å². The Bertz CT molecular complexity index is 1080. The molecule has 0 radical (unpaired) electrons. The Kier molecular flexibility index (Phi) is 7.40. The molecule has 2 aromatic carbocycles. The predicted octanol–water partition coefficient (Wildman–Crippen LogP) is 3.35. The van der Waals surface area contributed by atoms with Crippen molar-refractivity contribution in [2.45, 2.75) is 37.8 Å². The number of hydrogen-bond donors (Lipinski definition) is 2. The Balaban J connectivity index is 2.17. The van der Waals surface area contributed by atoms with Crippen LogP contribution in [0.4, 0.5) is 14.9 Å². The van der Waals surface area contributed by atoms with Gasteiger partial charge in [-0.15, -0.1) is 0 Å². The van der Waals surface area contributed by atoms with Crippen LogP contribution in [0.3, 0.4) is 0 Å². The Morgan fingerprint density at radius 1 is 1.13 bits per heavy atom. The molecule has 2 aromatic rings. The van der Waals surface area contributed by atoms with Gasteiger partial charge in [-0.1, -0.05) is 12.1 Å². The summed E-state index contributed by atoms with van der Waals surface area (Å²) in [6, 6.07) is 9.63. The number of nitrogens with zero attached hydrogens (tertiary/aromatic N) is 1. The number of carbonyl (C=O) groups is 2. The van der Waals surface area contributed by atoms with Crippen LogP contribution in [-0.4, -0.2) is 45.0 Å². The van der Waals surface area contributed by atoms with Crippen LogP contribution in [0.5, 0.6) is 0 Å². The molecule has 168 valence electrons. The Morgan fingerprint density at radius 3 is 2.42 bits per heavy atom. The van der Waals surface area contributed by atoms with Crippen molar-refractivity contribution in [1.82, 2.24) is 9.62 Å². The number of halogens is 1. The zero-order chi connectivity index (χ0) is 23.4. The van der Waals surface area contributed by atoms with Crippen molar-refractivity contribution in [2.75, 3.05) is 19.4 Å². The molecule has 0 fully saturated rings. The quantitative estimate of drug-likeness (QED) is 0.701. The van der Waals surface area contributed by atoms with E-state index in [4.69, 9.17) is 4.74 Å². The third kappa shape index (κ3) is 6.76.